The van der Waals surface area contributed by atoms with Gasteiger partial charge in [-0.1, -0.05) is 13.0 Å². The standard InChI is InChI=1S/C12H17N3OS/c1-4-14(2)16-12(11-6-5-9-17-11)10-7-8-13-15(10)3/h5-9,12H,4H2,1-3H3. The van der Waals surface area contributed by atoms with Gasteiger partial charge in [-0.15, -0.1) is 11.3 Å². The normalized spacial score (nSPS) is 13.2. The lowest BCUT2D eigenvalue weighted by atomic mass is 10.2. The maximum atomic E-state index is 5.95. The number of hydrogen-bond acceptors (Lipinski definition) is 4. The molecule has 0 N–H and O–H groups in total. The van der Waals surface area contributed by atoms with Crippen molar-refractivity contribution in [3.63, 3.8) is 0 Å². The van der Waals surface area contributed by atoms with Gasteiger partial charge in [-0.3, -0.25) is 9.52 Å². The fourth-order valence-electron chi connectivity index (χ4n) is 1.59. The maximum Gasteiger partial charge on any atom is 0.155 e. The van der Waals surface area contributed by atoms with E-state index in [1.165, 1.54) is 4.88 Å². The molecule has 2 rings (SSSR count). The Kier molecular flexibility index (Phi) is 3.93. The first-order valence-electron chi connectivity index (χ1n) is 5.61. The van der Waals surface area contributed by atoms with Crippen molar-refractivity contribution in [2.45, 2.75) is 13.0 Å². The van der Waals surface area contributed by atoms with Gasteiger partial charge < -0.3 is 0 Å². The van der Waals surface area contributed by atoms with Gasteiger partial charge in [0, 0.05) is 31.7 Å². The van der Waals surface area contributed by atoms with Crippen LogP contribution in [0.5, 0.6) is 0 Å². The van der Waals surface area contributed by atoms with Crippen LogP contribution in [0.3, 0.4) is 0 Å². The number of nitrogens with zero attached hydrogens (tertiary/aromatic N) is 3. The second kappa shape index (κ2) is 5.44. The van der Waals surface area contributed by atoms with Gasteiger partial charge in [0.2, 0.25) is 0 Å². The van der Waals surface area contributed by atoms with Crippen molar-refractivity contribution in [2.24, 2.45) is 7.05 Å². The zero-order valence-corrected chi connectivity index (χ0v) is 11.1. The molecule has 0 saturated carbocycles. The Balaban J connectivity index is 2.28. The lowest BCUT2D eigenvalue weighted by Crippen LogP contribution is -2.23. The number of aryl methyl sites for hydroxylation is 1. The minimum Gasteiger partial charge on any atom is -0.284 e. The molecule has 0 aliphatic carbocycles. The molecule has 2 heterocycles. The zero-order valence-electron chi connectivity index (χ0n) is 10.3. The molecule has 0 saturated heterocycles. The van der Waals surface area contributed by atoms with Crippen LogP contribution in [-0.2, 0) is 11.9 Å². The van der Waals surface area contributed by atoms with E-state index in [0.717, 1.165) is 12.2 Å². The molecule has 0 fully saturated rings. The average Bonchev–Trinajstić information content (AvgIpc) is 2.97. The molecule has 0 aliphatic rings. The molecule has 5 heteroatoms. The highest BCUT2D eigenvalue weighted by molar-refractivity contribution is 7.10. The van der Waals surface area contributed by atoms with Crippen LogP contribution in [0.2, 0.25) is 0 Å². The van der Waals surface area contributed by atoms with Crippen LogP contribution in [0.25, 0.3) is 0 Å². The van der Waals surface area contributed by atoms with Crippen LogP contribution in [0.4, 0.5) is 0 Å². The summed E-state index contributed by atoms with van der Waals surface area (Å²) in [6, 6.07) is 6.12. The Hall–Kier alpha value is -1.17. The van der Waals surface area contributed by atoms with E-state index in [1.807, 2.05) is 36.0 Å². The molecule has 4 nitrogen and oxygen atoms in total. The van der Waals surface area contributed by atoms with E-state index in [9.17, 15) is 0 Å². The Labute approximate surface area is 105 Å². The summed E-state index contributed by atoms with van der Waals surface area (Å²) >= 11 is 1.70. The summed E-state index contributed by atoms with van der Waals surface area (Å²) in [6.07, 6.45) is 1.72. The van der Waals surface area contributed by atoms with Crippen molar-refractivity contribution >= 4 is 11.3 Å². The number of thiophene rings is 1. The van der Waals surface area contributed by atoms with E-state index in [2.05, 4.69) is 23.5 Å². The Bertz CT molecular complexity index is 452. The molecule has 1 unspecified atom stereocenters. The number of hydroxylamine groups is 2. The van der Waals surface area contributed by atoms with Crippen molar-refractivity contribution in [2.75, 3.05) is 13.6 Å². The summed E-state index contributed by atoms with van der Waals surface area (Å²) < 4.78 is 1.86. The molecule has 0 amide bonds. The van der Waals surface area contributed by atoms with Gasteiger partial charge in [-0.25, -0.2) is 0 Å². The van der Waals surface area contributed by atoms with Crippen LogP contribution in [0, 0.1) is 0 Å². The van der Waals surface area contributed by atoms with Crippen molar-refractivity contribution in [1.82, 2.24) is 14.8 Å². The van der Waals surface area contributed by atoms with Crippen molar-refractivity contribution < 1.29 is 4.84 Å². The summed E-state index contributed by atoms with van der Waals surface area (Å²) in [7, 11) is 3.88. The fraction of sp³-hybridized carbons (Fsp3) is 0.417. The number of aromatic nitrogens is 2. The van der Waals surface area contributed by atoms with Gasteiger partial charge in [0.05, 0.1) is 5.69 Å². The van der Waals surface area contributed by atoms with E-state index in [4.69, 9.17) is 4.84 Å². The first kappa shape index (κ1) is 12.3. The summed E-state index contributed by atoms with van der Waals surface area (Å²) in [6.45, 7) is 2.91. The van der Waals surface area contributed by atoms with Crippen LogP contribution < -0.4 is 0 Å². The predicted molar refractivity (Wildman–Crippen MR) is 68.8 cm³/mol. The Morgan fingerprint density at radius 2 is 2.35 bits per heavy atom. The Morgan fingerprint density at radius 3 is 2.88 bits per heavy atom. The Morgan fingerprint density at radius 1 is 1.53 bits per heavy atom. The third-order valence-electron chi connectivity index (χ3n) is 2.66. The lowest BCUT2D eigenvalue weighted by molar-refractivity contribution is -0.168. The molecule has 0 aromatic carbocycles. The highest BCUT2D eigenvalue weighted by Gasteiger charge is 2.21. The van der Waals surface area contributed by atoms with Gasteiger partial charge in [-0.2, -0.15) is 10.2 Å². The molecule has 2 aromatic heterocycles. The molecule has 1 atom stereocenters. The average molecular weight is 251 g/mol. The summed E-state index contributed by atoms with van der Waals surface area (Å²) in [5.41, 5.74) is 1.06. The van der Waals surface area contributed by atoms with E-state index in [0.29, 0.717) is 0 Å². The van der Waals surface area contributed by atoms with E-state index in [-0.39, 0.29) is 6.10 Å². The molecular formula is C12H17N3OS. The van der Waals surface area contributed by atoms with Crippen LogP contribution in [-0.4, -0.2) is 28.4 Å². The quantitative estimate of drug-likeness (QED) is 0.765. The van der Waals surface area contributed by atoms with E-state index >= 15 is 0 Å². The van der Waals surface area contributed by atoms with E-state index in [1.54, 1.807) is 17.5 Å². The van der Waals surface area contributed by atoms with Crippen molar-refractivity contribution in [3.8, 4) is 0 Å². The minimum absolute atomic E-state index is 0.0764. The van der Waals surface area contributed by atoms with Gasteiger partial charge in [0.15, 0.2) is 6.10 Å². The highest BCUT2D eigenvalue weighted by atomic mass is 32.1. The van der Waals surface area contributed by atoms with Gasteiger partial charge >= 0.3 is 0 Å². The van der Waals surface area contributed by atoms with Gasteiger partial charge in [0.25, 0.3) is 0 Å². The topological polar surface area (TPSA) is 30.3 Å². The third kappa shape index (κ3) is 2.74. The monoisotopic (exact) mass is 251 g/mol. The summed E-state index contributed by atoms with van der Waals surface area (Å²) in [4.78, 5) is 7.14. The summed E-state index contributed by atoms with van der Waals surface area (Å²) in [5, 5.41) is 8.11. The minimum atomic E-state index is -0.0764. The van der Waals surface area contributed by atoms with Crippen molar-refractivity contribution in [3.05, 3.63) is 40.3 Å². The SMILES string of the molecule is CCN(C)OC(c1cccs1)c1ccnn1C. The predicted octanol–water partition coefficient (Wildman–Crippen LogP) is 2.45. The van der Waals surface area contributed by atoms with Gasteiger partial charge in [-0.05, 0) is 17.5 Å². The number of hydrogen-bond donors (Lipinski definition) is 0. The molecule has 92 valence electrons. The van der Waals surface area contributed by atoms with Crippen LogP contribution in [0.1, 0.15) is 23.6 Å². The van der Waals surface area contributed by atoms with Crippen LogP contribution in [0.15, 0.2) is 29.8 Å². The third-order valence-corrected chi connectivity index (χ3v) is 3.58. The lowest BCUT2D eigenvalue weighted by Gasteiger charge is -2.22. The van der Waals surface area contributed by atoms with Crippen molar-refractivity contribution in [1.29, 1.82) is 0 Å². The second-order valence-electron chi connectivity index (χ2n) is 3.82. The first-order valence-corrected chi connectivity index (χ1v) is 6.49. The molecule has 17 heavy (non-hydrogen) atoms. The maximum absolute atomic E-state index is 5.95. The second-order valence-corrected chi connectivity index (χ2v) is 4.80. The van der Waals surface area contributed by atoms with E-state index < -0.39 is 0 Å². The highest BCUT2D eigenvalue weighted by Crippen LogP contribution is 2.29. The first-order chi connectivity index (χ1) is 8.22. The molecule has 0 aliphatic heterocycles. The molecular weight excluding hydrogens is 234 g/mol. The molecule has 0 spiro atoms. The number of rotatable bonds is 5. The molecule has 2 aromatic rings. The summed E-state index contributed by atoms with van der Waals surface area (Å²) in [5.74, 6) is 0. The molecule has 0 radical (unpaired) electrons. The van der Waals surface area contributed by atoms with Crippen LogP contribution >= 0.6 is 11.3 Å². The zero-order chi connectivity index (χ0) is 12.3. The fourth-order valence-corrected chi connectivity index (χ4v) is 2.35. The smallest absolute Gasteiger partial charge is 0.155 e. The largest absolute Gasteiger partial charge is 0.284 e. The molecule has 0 bridgehead atoms. The van der Waals surface area contributed by atoms with Gasteiger partial charge in [0.1, 0.15) is 0 Å².